The number of nitrogens with two attached hydrogens (primary N) is 1. The van der Waals surface area contributed by atoms with Gasteiger partial charge in [0, 0.05) is 32.4 Å². The Morgan fingerprint density at radius 3 is 2.23 bits per heavy atom. The van der Waals surface area contributed by atoms with Crippen LogP contribution in [0.5, 0.6) is 0 Å². The third-order valence-corrected chi connectivity index (χ3v) is 3.94. The van der Waals surface area contributed by atoms with Crippen LogP contribution in [-0.2, 0) is 6.18 Å². The summed E-state index contributed by atoms with van der Waals surface area (Å²) >= 11 is 0. The van der Waals surface area contributed by atoms with Crippen LogP contribution < -0.4 is 15.5 Å². The van der Waals surface area contributed by atoms with E-state index in [0.29, 0.717) is 32.0 Å². The van der Waals surface area contributed by atoms with Crippen molar-refractivity contribution in [2.45, 2.75) is 6.18 Å². The highest BCUT2D eigenvalue weighted by Gasteiger charge is 2.31. The molecule has 0 bridgehead atoms. The molecule has 2 N–H and O–H groups in total. The summed E-state index contributed by atoms with van der Waals surface area (Å²) in [6, 6.07) is 2.33. The monoisotopic (exact) mass is 369 g/mol. The summed E-state index contributed by atoms with van der Waals surface area (Å²) in [6.45, 7) is 1.91. The Morgan fingerprint density at radius 2 is 1.73 bits per heavy atom. The lowest BCUT2D eigenvalue weighted by Crippen LogP contribution is -2.47. The number of rotatable bonds is 3. The number of piperazine rings is 1. The molecule has 3 rings (SSSR count). The molecule has 0 radical (unpaired) electrons. The van der Waals surface area contributed by atoms with Crippen LogP contribution >= 0.6 is 0 Å². The van der Waals surface area contributed by atoms with Crippen LogP contribution in [0.4, 0.5) is 36.4 Å². The zero-order valence-corrected chi connectivity index (χ0v) is 13.3. The van der Waals surface area contributed by atoms with Crippen LogP contribution in [0.3, 0.4) is 0 Å². The van der Waals surface area contributed by atoms with Crippen LogP contribution in [0.15, 0.2) is 24.5 Å². The van der Waals surface area contributed by atoms with Crippen LogP contribution in [-0.4, -0.2) is 46.1 Å². The van der Waals surface area contributed by atoms with Crippen molar-refractivity contribution in [2.75, 3.05) is 41.7 Å². The normalized spacial score (nSPS) is 15.2. The van der Waals surface area contributed by atoms with Crippen molar-refractivity contribution in [2.24, 2.45) is 0 Å². The van der Waals surface area contributed by atoms with E-state index in [1.54, 1.807) is 4.90 Å². The van der Waals surface area contributed by atoms with Crippen molar-refractivity contribution < 1.29 is 18.1 Å². The predicted octanol–water partition coefficient (Wildman–Crippen LogP) is 1.71. The van der Waals surface area contributed by atoms with Crippen molar-refractivity contribution in [3.8, 4) is 0 Å². The number of nitrogens with zero attached hydrogens (tertiary/aromatic N) is 6. The summed E-state index contributed by atoms with van der Waals surface area (Å²) in [6.07, 6.45) is -2.55. The van der Waals surface area contributed by atoms with E-state index in [-0.39, 0.29) is 17.5 Å². The van der Waals surface area contributed by atoms with E-state index in [4.69, 9.17) is 5.73 Å². The second-order valence-electron chi connectivity index (χ2n) is 5.57. The van der Waals surface area contributed by atoms with Gasteiger partial charge in [-0.25, -0.2) is 9.97 Å². The van der Waals surface area contributed by atoms with Gasteiger partial charge in [-0.1, -0.05) is 0 Å². The molecule has 12 heteroatoms. The quantitative estimate of drug-likeness (QED) is 0.642. The van der Waals surface area contributed by atoms with Gasteiger partial charge < -0.3 is 15.5 Å². The molecule has 2 aromatic rings. The van der Waals surface area contributed by atoms with E-state index < -0.39 is 16.7 Å². The van der Waals surface area contributed by atoms with Gasteiger partial charge in [0.1, 0.15) is 12.0 Å². The third kappa shape index (κ3) is 3.58. The van der Waals surface area contributed by atoms with Crippen LogP contribution in [0, 0.1) is 10.1 Å². The molecule has 9 nitrogen and oxygen atoms in total. The topological polar surface area (TPSA) is 114 Å². The first-order valence-corrected chi connectivity index (χ1v) is 7.56. The summed E-state index contributed by atoms with van der Waals surface area (Å²) in [5.41, 5.74) is 4.41. The van der Waals surface area contributed by atoms with E-state index in [1.807, 2.05) is 4.90 Å². The smallest absolute Gasteiger partial charge is 0.378 e. The molecular formula is C14H14F3N7O2. The van der Waals surface area contributed by atoms with E-state index in [0.717, 1.165) is 18.5 Å². The largest absolute Gasteiger partial charge is 0.417 e. The van der Waals surface area contributed by atoms with E-state index >= 15 is 0 Å². The van der Waals surface area contributed by atoms with Crippen LogP contribution in [0.1, 0.15) is 5.56 Å². The Labute approximate surface area is 145 Å². The second-order valence-corrected chi connectivity index (χ2v) is 5.57. The third-order valence-electron chi connectivity index (χ3n) is 3.94. The molecule has 0 aromatic carbocycles. The molecule has 2 aromatic heterocycles. The fourth-order valence-corrected chi connectivity index (χ4v) is 2.55. The first-order valence-electron chi connectivity index (χ1n) is 7.56. The zero-order valence-electron chi connectivity index (χ0n) is 13.3. The minimum atomic E-state index is -4.42. The van der Waals surface area contributed by atoms with Crippen molar-refractivity contribution in [3.63, 3.8) is 0 Å². The highest BCUT2D eigenvalue weighted by atomic mass is 19.4. The van der Waals surface area contributed by atoms with Crippen molar-refractivity contribution >= 4 is 23.3 Å². The Bertz CT molecular complexity index is 805. The Hall–Kier alpha value is -3.18. The summed E-state index contributed by atoms with van der Waals surface area (Å²) in [5.74, 6) is 0.502. The minimum absolute atomic E-state index is 0.216. The summed E-state index contributed by atoms with van der Waals surface area (Å²) in [4.78, 5) is 25.5. The van der Waals surface area contributed by atoms with Crippen molar-refractivity contribution in [1.82, 2.24) is 15.0 Å². The molecule has 1 fully saturated rings. The van der Waals surface area contributed by atoms with E-state index in [9.17, 15) is 23.3 Å². The molecule has 138 valence electrons. The molecular weight excluding hydrogens is 355 g/mol. The maximum absolute atomic E-state index is 12.6. The number of nitro groups is 1. The molecule has 3 heterocycles. The lowest BCUT2D eigenvalue weighted by atomic mass is 10.2. The average Bonchev–Trinajstić information content (AvgIpc) is 2.61. The lowest BCUT2D eigenvalue weighted by molar-refractivity contribution is -0.384. The van der Waals surface area contributed by atoms with E-state index in [2.05, 4.69) is 15.0 Å². The second kappa shape index (κ2) is 6.61. The van der Waals surface area contributed by atoms with Gasteiger partial charge in [0.05, 0.1) is 10.5 Å². The standard InChI is InChI=1S/C14H14F3N7O2/c15-14(16,17)9-1-2-11(19-7-9)22-3-5-23(6-4-22)13-20-8-10(24(25)26)12(18)21-13/h1-2,7-8H,3-6H2,(H2,18,20,21). The number of anilines is 3. The fraction of sp³-hybridized carbons (Fsp3) is 0.357. The molecule has 0 saturated carbocycles. The van der Waals surface area contributed by atoms with Gasteiger partial charge >= 0.3 is 11.9 Å². The van der Waals surface area contributed by atoms with Crippen molar-refractivity contribution in [3.05, 3.63) is 40.2 Å². The number of pyridine rings is 1. The Balaban J connectivity index is 1.66. The fourth-order valence-electron chi connectivity index (χ4n) is 2.55. The predicted molar refractivity (Wildman–Crippen MR) is 86.8 cm³/mol. The number of hydrogen-bond donors (Lipinski definition) is 1. The molecule has 1 aliphatic heterocycles. The van der Waals surface area contributed by atoms with Gasteiger partial charge in [0.25, 0.3) is 0 Å². The maximum Gasteiger partial charge on any atom is 0.417 e. The zero-order chi connectivity index (χ0) is 18.9. The molecule has 0 amide bonds. The summed E-state index contributed by atoms with van der Waals surface area (Å²) < 4.78 is 37.8. The number of nitrogen functional groups attached to an aromatic ring is 1. The molecule has 0 atom stereocenters. The highest BCUT2D eigenvalue weighted by Crippen LogP contribution is 2.29. The van der Waals surface area contributed by atoms with Gasteiger partial charge in [-0.2, -0.15) is 18.2 Å². The molecule has 0 unspecified atom stereocenters. The molecule has 0 aliphatic carbocycles. The number of aromatic nitrogens is 3. The molecule has 1 aliphatic rings. The van der Waals surface area contributed by atoms with Crippen LogP contribution in [0.25, 0.3) is 0 Å². The van der Waals surface area contributed by atoms with Gasteiger partial charge in [0.2, 0.25) is 11.8 Å². The van der Waals surface area contributed by atoms with E-state index in [1.165, 1.54) is 6.07 Å². The van der Waals surface area contributed by atoms with Crippen molar-refractivity contribution in [1.29, 1.82) is 0 Å². The number of alkyl halides is 3. The summed E-state index contributed by atoms with van der Waals surface area (Å²) in [5, 5.41) is 10.7. The Morgan fingerprint density at radius 1 is 1.08 bits per heavy atom. The summed E-state index contributed by atoms with van der Waals surface area (Å²) in [7, 11) is 0. The average molecular weight is 369 g/mol. The number of halogens is 3. The molecule has 26 heavy (non-hydrogen) atoms. The first-order chi connectivity index (χ1) is 12.3. The Kier molecular flexibility index (Phi) is 4.49. The van der Waals surface area contributed by atoms with Gasteiger partial charge in [-0.3, -0.25) is 10.1 Å². The lowest BCUT2D eigenvalue weighted by Gasteiger charge is -2.35. The van der Waals surface area contributed by atoms with Gasteiger partial charge in [0.15, 0.2) is 0 Å². The maximum atomic E-state index is 12.6. The molecule has 1 saturated heterocycles. The number of hydrogen-bond acceptors (Lipinski definition) is 8. The SMILES string of the molecule is Nc1nc(N2CCN(c3ccc(C(F)(F)F)cn3)CC2)ncc1[N+](=O)[O-]. The highest BCUT2D eigenvalue weighted by molar-refractivity contribution is 5.54. The first kappa shape index (κ1) is 17.6. The molecule has 0 spiro atoms. The van der Waals surface area contributed by atoms with Crippen LogP contribution in [0.2, 0.25) is 0 Å². The minimum Gasteiger partial charge on any atom is -0.378 e. The van der Waals surface area contributed by atoms with Gasteiger partial charge in [-0.05, 0) is 12.1 Å². The van der Waals surface area contributed by atoms with Gasteiger partial charge in [-0.15, -0.1) is 0 Å².